The number of nitrogens with two attached hydrogens (primary N) is 1. The molecule has 0 radical (unpaired) electrons. The number of aliphatic imine (C=N–C) groups is 1. The summed E-state index contributed by atoms with van der Waals surface area (Å²) >= 11 is 0. The average Bonchev–Trinajstić information content (AvgIpc) is 2.55. The van der Waals surface area contributed by atoms with Crippen LogP contribution in [0.25, 0.3) is 0 Å². The van der Waals surface area contributed by atoms with Crippen molar-refractivity contribution in [3.05, 3.63) is 29.8 Å². The summed E-state index contributed by atoms with van der Waals surface area (Å²) in [5, 5.41) is 2.94. The first kappa shape index (κ1) is 20.6. The van der Waals surface area contributed by atoms with Gasteiger partial charge in [0.05, 0.1) is 13.7 Å². The zero-order valence-electron chi connectivity index (χ0n) is 13.9. The highest BCUT2D eigenvalue weighted by molar-refractivity contribution is 5.77. The Kier molecular flexibility index (Phi) is 8.59. The Balaban J connectivity index is 2.25. The van der Waals surface area contributed by atoms with E-state index in [2.05, 4.69) is 19.8 Å². The Labute approximate surface area is 144 Å². The van der Waals surface area contributed by atoms with Crippen molar-refractivity contribution >= 4 is 11.9 Å². The second-order valence-corrected chi connectivity index (χ2v) is 5.21. The molecular weight excluding hydrogens is 339 g/mol. The maximum Gasteiger partial charge on any atom is 0.573 e. The number of guanidine groups is 1. The molecule has 25 heavy (non-hydrogen) atoms. The normalized spacial score (nSPS) is 11.9. The number of unbranched alkanes of at least 4 members (excludes halogenated alkanes) is 2. The van der Waals surface area contributed by atoms with E-state index in [1.807, 2.05) is 0 Å². The van der Waals surface area contributed by atoms with Crippen LogP contribution in [-0.2, 0) is 16.1 Å². The van der Waals surface area contributed by atoms with E-state index in [1.165, 1.54) is 31.4 Å². The number of hydrogen-bond acceptors (Lipinski definition) is 4. The Morgan fingerprint density at radius 3 is 2.48 bits per heavy atom. The van der Waals surface area contributed by atoms with Crippen molar-refractivity contribution < 1.29 is 27.4 Å². The molecule has 0 aromatic heterocycles. The van der Waals surface area contributed by atoms with Gasteiger partial charge in [-0.25, -0.2) is 4.99 Å². The van der Waals surface area contributed by atoms with Gasteiger partial charge in [-0.2, -0.15) is 0 Å². The largest absolute Gasteiger partial charge is 0.573 e. The van der Waals surface area contributed by atoms with Crippen LogP contribution in [0.1, 0.15) is 31.2 Å². The van der Waals surface area contributed by atoms with Crippen LogP contribution in [0.3, 0.4) is 0 Å². The van der Waals surface area contributed by atoms with Gasteiger partial charge in [-0.15, -0.1) is 13.2 Å². The number of carbonyl (C=O) groups is 1. The molecular formula is C16H22F3N3O3. The van der Waals surface area contributed by atoms with E-state index in [0.717, 1.165) is 19.3 Å². The Bertz CT molecular complexity index is 560. The zero-order chi connectivity index (χ0) is 18.7. The molecule has 0 aliphatic carbocycles. The lowest BCUT2D eigenvalue weighted by Gasteiger charge is -2.09. The highest BCUT2D eigenvalue weighted by Crippen LogP contribution is 2.22. The smallest absolute Gasteiger partial charge is 0.469 e. The van der Waals surface area contributed by atoms with Crippen molar-refractivity contribution in [3.63, 3.8) is 0 Å². The highest BCUT2D eigenvalue weighted by atomic mass is 19.4. The molecule has 0 spiro atoms. The lowest BCUT2D eigenvalue weighted by molar-refractivity contribution is -0.274. The lowest BCUT2D eigenvalue weighted by Crippen LogP contribution is -2.32. The summed E-state index contributed by atoms with van der Waals surface area (Å²) in [6, 6.07) is 5.43. The van der Waals surface area contributed by atoms with Crippen LogP contribution in [-0.4, -0.2) is 31.9 Å². The van der Waals surface area contributed by atoms with E-state index in [9.17, 15) is 18.0 Å². The molecule has 0 unspecified atom stereocenters. The first-order chi connectivity index (χ1) is 11.8. The van der Waals surface area contributed by atoms with Crippen LogP contribution in [0.5, 0.6) is 5.75 Å². The number of alkyl halides is 3. The van der Waals surface area contributed by atoms with Gasteiger partial charge in [-0.1, -0.05) is 18.6 Å². The molecule has 1 aromatic rings. The predicted octanol–water partition coefficient (Wildman–Crippen LogP) is 2.72. The number of esters is 1. The Hall–Kier alpha value is -2.45. The number of methoxy groups -OCH3 is 1. The second-order valence-electron chi connectivity index (χ2n) is 5.21. The monoisotopic (exact) mass is 361 g/mol. The highest BCUT2D eigenvalue weighted by Gasteiger charge is 2.30. The van der Waals surface area contributed by atoms with Crippen molar-refractivity contribution in [1.29, 1.82) is 0 Å². The minimum absolute atomic E-state index is 0.222. The summed E-state index contributed by atoms with van der Waals surface area (Å²) in [6.45, 7) is 0.863. The standard InChI is InChI=1S/C16H22F3N3O3/c1-24-14(23)5-3-2-4-10-21-15(20)22-11-12-6-8-13(9-7-12)25-16(17,18)19/h6-9H,2-5,10-11H2,1H3,(H3,20,21,22). The quantitative estimate of drug-likeness (QED) is 0.306. The maximum atomic E-state index is 12.1. The summed E-state index contributed by atoms with van der Waals surface area (Å²) in [4.78, 5) is 15.0. The fourth-order valence-corrected chi connectivity index (χ4v) is 1.92. The molecule has 0 atom stereocenters. The van der Waals surface area contributed by atoms with Crippen molar-refractivity contribution in [3.8, 4) is 5.75 Å². The minimum atomic E-state index is -4.70. The van der Waals surface area contributed by atoms with Gasteiger partial charge in [0.1, 0.15) is 5.75 Å². The predicted molar refractivity (Wildman–Crippen MR) is 86.9 cm³/mol. The first-order valence-corrected chi connectivity index (χ1v) is 7.75. The van der Waals surface area contributed by atoms with Gasteiger partial charge in [-0.05, 0) is 30.5 Å². The molecule has 3 N–H and O–H groups in total. The van der Waals surface area contributed by atoms with E-state index in [1.54, 1.807) is 0 Å². The number of carbonyl (C=O) groups excluding carboxylic acids is 1. The molecule has 6 nitrogen and oxygen atoms in total. The molecule has 9 heteroatoms. The van der Waals surface area contributed by atoms with Crippen LogP contribution >= 0.6 is 0 Å². The number of nitrogens with zero attached hydrogens (tertiary/aromatic N) is 1. The molecule has 0 aliphatic heterocycles. The number of benzene rings is 1. The number of ether oxygens (including phenoxy) is 2. The van der Waals surface area contributed by atoms with Crippen molar-refractivity contribution in [2.75, 3.05) is 13.7 Å². The third kappa shape index (κ3) is 10.1. The lowest BCUT2D eigenvalue weighted by atomic mass is 10.2. The van der Waals surface area contributed by atoms with Crippen molar-refractivity contribution in [1.82, 2.24) is 5.32 Å². The zero-order valence-corrected chi connectivity index (χ0v) is 13.9. The third-order valence-corrected chi connectivity index (χ3v) is 3.18. The van der Waals surface area contributed by atoms with E-state index in [0.29, 0.717) is 18.5 Å². The third-order valence-electron chi connectivity index (χ3n) is 3.18. The topological polar surface area (TPSA) is 85.9 Å². The van der Waals surface area contributed by atoms with Gasteiger partial charge in [0.2, 0.25) is 0 Å². The van der Waals surface area contributed by atoms with E-state index in [-0.39, 0.29) is 24.2 Å². The summed E-state index contributed by atoms with van der Waals surface area (Å²) in [7, 11) is 1.36. The van der Waals surface area contributed by atoms with E-state index in [4.69, 9.17) is 5.73 Å². The molecule has 0 saturated heterocycles. The summed E-state index contributed by atoms with van der Waals surface area (Å²) in [6.07, 6.45) is -1.87. The second kappa shape index (κ2) is 10.4. The molecule has 0 aliphatic rings. The molecule has 1 rings (SSSR count). The van der Waals surface area contributed by atoms with E-state index >= 15 is 0 Å². The van der Waals surface area contributed by atoms with Gasteiger partial charge in [0.15, 0.2) is 5.96 Å². The number of nitrogens with one attached hydrogen (secondary N) is 1. The summed E-state index contributed by atoms with van der Waals surface area (Å²) in [5.74, 6) is -0.248. The van der Waals surface area contributed by atoms with Crippen molar-refractivity contribution in [2.24, 2.45) is 10.7 Å². The summed E-state index contributed by atoms with van der Waals surface area (Å²) < 4.78 is 44.5. The SMILES string of the molecule is COC(=O)CCCCCNC(N)=NCc1ccc(OC(F)(F)F)cc1. The Morgan fingerprint density at radius 1 is 1.20 bits per heavy atom. The van der Waals surface area contributed by atoms with Gasteiger partial charge in [0, 0.05) is 13.0 Å². The fourth-order valence-electron chi connectivity index (χ4n) is 1.92. The number of halogens is 3. The molecule has 0 saturated carbocycles. The molecule has 0 amide bonds. The molecule has 0 heterocycles. The van der Waals surface area contributed by atoms with Gasteiger partial charge >= 0.3 is 12.3 Å². The van der Waals surface area contributed by atoms with E-state index < -0.39 is 6.36 Å². The maximum absolute atomic E-state index is 12.1. The molecule has 140 valence electrons. The first-order valence-electron chi connectivity index (χ1n) is 7.75. The van der Waals surface area contributed by atoms with Crippen LogP contribution in [0, 0.1) is 0 Å². The van der Waals surface area contributed by atoms with Crippen molar-refractivity contribution in [2.45, 2.75) is 38.6 Å². The summed E-state index contributed by atoms with van der Waals surface area (Å²) in [5.41, 5.74) is 6.42. The number of hydrogen-bond donors (Lipinski definition) is 2. The minimum Gasteiger partial charge on any atom is -0.469 e. The van der Waals surface area contributed by atoms with Gasteiger partial charge < -0.3 is 20.5 Å². The van der Waals surface area contributed by atoms with Crippen LogP contribution in [0.4, 0.5) is 13.2 Å². The Morgan fingerprint density at radius 2 is 1.88 bits per heavy atom. The van der Waals surface area contributed by atoms with Gasteiger partial charge in [-0.3, -0.25) is 4.79 Å². The van der Waals surface area contributed by atoms with Crippen LogP contribution < -0.4 is 15.8 Å². The van der Waals surface area contributed by atoms with Crippen LogP contribution in [0.15, 0.2) is 29.3 Å². The van der Waals surface area contributed by atoms with Gasteiger partial charge in [0.25, 0.3) is 0 Å². The molecule has 1 aromatic carbocycles. The molecule has 0 bridgehead atoms. The average molecular weight is 361 g/mol. The molecule has 0 fully saturated rings. The fraction of sp³-hybridized carbons (Fsp3) is 0.500. The number of rotatable bonds is 9. The van der Waals surface area contributed by atoms with Crippen LogP contribution in [0.2, 0.25) is 0 Å².